The van der Waals surface area contributed by atoms with Crippen molar-refractivity contribution in [3.05, 3.63) is 53.1 Å². The van der Waals surface area contributed by atoms with Crippen LogP contribution in [0.5, 0.6) is 17.2 Å². The van der Waals surface area contributed by atoms with Crippen molar-refractivity contribution in [2.24, 2.45) is 0 Å². The Bertz CT molecular complexity index is 777. The van der Waals surface area contributed by atoms with Crippen LogP contribution in [0.4, 0.5) is 13.2 Å². The summed E-state index contributed by atoms with van der Waals surface area (Å²) in [6.07, 6.45) is -3.50. The maximum atomic E-state index is 12.8. The normalized spacial score (nSPS) is 16.7. The molecule has 0 spiro atoms. The Labute approximate surface area is 149 Å². The molecule has 0 unspecified atom stereocenters. The zero-order chi connectivity index (χ0) is 18.7. The van der Waals surface area contributed by atoms with Gasteiger partial charge in [0.2, 0.25) is 0 Å². The molecule has 0 saturated heterocycles. The van der Waals surface area contributed by atoms with Crippen molar-refractivity contribution in [3.8, 4) is 17.2 Å². The van der Waals surface area contributed by atoms with E-state index in [1.807, 2.05) is 12.1 Å². The number of hydrogen-bond acceptors (Lipinski definition) is 3. The van der Waals surface area contributed by atoms with Gasteiger partial charge >= 0.3 is 6.18 Å². The second-order valence-corrected chi connectivity index (χ2v) is 6.12. The van der Waals surface area contributed by atoms with Crippen molar-refractivity contribution in [1.29, 1.82) is 0 Å². The summed E-state index contributed by atoms with van der Waals surface area (Å²) in [7, 11) is 3.17. The molecule has 0 aromatic heterocycles. The van der Waals surface area contributed by atoms with E-state index in [0.29, 0.717) is 11.5 Å². The summed E-state index contributed by atoms with van der Waals surface area (Å²) in [4.78, 5) is 0. The van der Waals surface area contributed by atoms with Gasteiger partial charge in [0.1, 0.15) is 18.4 Å². The Morgan fingerprint density at radius 2 is 1.81 bits per heavy atom. The number of halogens is 3. The third kappa shape index (κ3) is 3.88. The molecular weight excluding hydrogens is 347 g/mol. The molecule has 0 bridgehead atoms. The van der Waals surface area contributed by atoms with Crippen LogP contribution in [0.25, 0.3) is 0 Å². The highest BCUT2D eigenvalue weighted by molar-refractivity contribution is 5.48. The summed E-state index contributed by atoms with van der Waals surface area (Å²) in [5, 5.41) is 2.13. The minimum atomic E-state index is -4.38. The van der Waals surface area contributed by atoms with Crippen LogP contribution in [0.2, 0.25) is 0 Å². The molecule has 3 rings (SSSR count). The molecule has 2 aromatic rings. The summed E-state index contributed by atoms with van der Waals surface area (Å²) < 4.78 is 54.8. The van der Waals surface area contributed by atoms with E-state index in [-0.39, 0.29) is 18.4 Å². The lowest BCUT2D eigenvalue weighted by atomic mass is 9.94. The Kier molecular flexibility index (Phi) is 5.27. The number of alkyl halides is 3. The van der Waals surface area contributed by atoms with Crippen molar-refractivity contribution < 1.29 is 32.7 Å². The van der Waals surface area contributed by atoms with E-state index < -0.39 is 11.7 Å². The Morgan fingerprint density at radius 3 is 2.50 bits per heavy atom. The monoisotopic (exact) mass is 368 g/mol. The van der Waals surface area contributed by atoms with Gasteiger partial charge in [-0.05, 0) is 35.9 Å². The maximum Gasteiger partial charge on any atom is 0.416 e. The molecule has 1 aliphatic rings. The smallest absolute Gasteiger partial charge is 0.416 e. The van der Waals surface area contributed by atoms with Gasteiger partial charge in [0.05, 0.1) is 26.3 Å². The average molecular weight is 368 g/mol. The lowest BCUT2D eigenvalue weighted by Crippen LogP contribution is -2.88. The Morgan fingerprint density at radius 1 is 1.08 bits per heavy atom. The summed E-state index contributed by atoms with van der Waals surface area (Å²) in [6.45, 7) is 1.14. The van der Waals surface area contributed by atoms with E-state index in [1.54, 1.807) is 14.2 Å². The van der Waals surface area contributed by atoms with Crippen LogP contribution in [0, 0.1) is 0 Å². The molecule has 1 atom stereocenters. The van der Waals surface area contributed by atoms with E-state index >= 15 is 0 Å². The van der Waals surface area contributed by atoms with Crippen molar-refractivity contribution in [1.82, 2.24) is 0 Å². The zero-order valence-corrected chi connectivity index (χ0v) is 14.6. The highest BCUT2D eigenvalue weighted by atomic mass is 19.4. The van der Waals surface area contributed by atoms with Crippen molar-refractivity contribution in [2.75, 3.05) is 27.4 Å². The van der Waals surface area contributed by atoms with Gasteiger partial charge in [-0.2, -0.15) is 13.2 Å². The fourth-order valence-electron chi connectivity index (χ4n) is 3.17. The standard InChI is InChI=1S/C19H20F3NO3/c1-24-17-8-12-6-7-23-16(15(12)10-18(17)25-2)11-26-14-5-3-4-13(9-14)19(20,21)22/h3-5,8-10,16,23H,6-7,11H2,1-2H3/p+1/t16-/m0/s1. The largest absolute Gasteiger partial charge is 0.493 e. The second-order valence-electron chi connectivity index (χ2n) is 6.12. The van der Waals surface area contributed by atoms with Crippen molar-refractivity contribution in [2.45, 2.75) is 18.6 Å². The Balaban J connectivity index is 1.79. The highest BCUT2D eigenvalue weighted by Crippen LogP contribution is 2.34. The van der Waals surface area contributed by atoms with Gasteiger partial charge < -0.3 is 19.5 Å². The molecule has 0 fully saturated rings. The molecule has 2 aromatic carbocycles. The summed E-state index contributed by atoms with van der Waals surface area (Å²) in [6, 6.07) is 8.80. The van der Waals surface area contributed by atoms with E-state index in [0.717, 1.165) is 36.2 Å². The maximum absolute atomic E-state index is 12.8. The fourth-order valence-corrected chi connectivity index (χ4v) is 3.17. The van der Waals surface area contributed by atoms with Crippen LogP contribution in [0.1, 0.15) is 22.7 Å². The molecule has 0 amide bonds. The number of methoxy groups -OCH3 is 2. The van der Waals surface area contributed by atoms with Crippen LogP contribution < -0.4 is 19.5 Å². The van der Waals surface area contributed by atoms with E-state index in [9.17, 15) is 13.2 Å². The molecule has 1 heterocycles. The SMILES string of the molecule is COc1cc2c(cc1OC)[C@H](COc1cccc(C(F)(F)F)c1)[NH2+]CC2. The molecule has 1 aliphatic heterocycles. The topological polar surface area (TPSA) is 44.3 Å². The number of nitrogens with two attached hydrogens (primary N) is 1. The van der Waals surface area contributed by atoms with Gasteiger partial charge in [-0.15, -0.1) is 0 Å². The van der Waals surface area contributed by atoms with E-state index in [2.05, 4.69) is 5.32 Å². The van der Waals surface area contributed by atoms with Crippen molar-refractivity contribution in [3.63, 3.8) is 0 Å². The first kappa shape index (κ1) is 18.4. The number of hydrogen-bond donors (Lipinski definition) is 1. The van der Waals surface area contributed by atoms with Crippen LogP contribution >= 0.6 is 0 Å². The lowest BCUT2D eigenvalue weighted by molar-refractivity contribution is -0.700. The van der Waals surface area contributed by atoms with Crippen LogP contribution in [0.15, 0.2) is 36.4 Å². The lowest BCUT2D eigenvalue weighted by Gasteiger charge is -2.25. The second kappa shape index (κ2) is 7.45. The molecule has 2 N–H and O–H groups in total. The number of quaternary nitrogens is 1. The average Bonchev–Trinajstić information content (AvgIpc) is 2.64. The van der Waals surface area contributed by atoms with Gasteiger partial charge in [0.25, 0.3) is 0 Å². The third-order valence-electron chi connectivity index (χ3n) is 4.50. The molecule has 140 valence electrons. The highest BCUT2D eigenvalue weighted by Gasteiger charge is 2.31. The Hall–Kier alpha value is -2.41. The van der Waals surface area contributed by atoms with Gasteiger partial charge in [0.15, 0.2) is 11.5 Å². The first-order valence-electron chi connectivity index (χ1n) is 8.30. The van der Waals surface area contributed by atoms with Gasteiger partial charge in [-0.1, -0.05) is 6.07 Å². The molecule has 0 aliphatic carbocycles. The first-order chi connectivity index (χ1) is 12.4. The summed E-state index contributed by atoms with van der Waals surface area (Å²) in [5.41, 5.74) is 1.48. The predicted octanol–water partition coefficient (Wildman–Crippen LogP) is 2.96. The van der Waals surface area contributed by atoms with E-state index in [4.69, 9.17) is 14.2 Å². The fraction of sp³-hybridized carbons (Fsp3) is 0.368. The minimum absolute atomic E-state index is 0.0203. The van der Waals surface area contributed by atoms with Gasteiger partial charge in [-0.3, -0.25) is 0 Å². The van der Waals surface area contributed by atoms with Crippen LogP contribution in [-0.4, -0.2) is 27.4 Å². The van der Waals surface area contributed by atoms with Gasteiger partial charge in [0, 0.05) is 12.0 Å². The molecule has 0 saturated carbocycles. The quantitative estimate of drug-likeness (QED) is 0.883. The van der Waals surface area contributed by atoms with E-state index in [1.165, 1.54) is 12.1 Å². The molecular formula is C19H21F3NO3+. The molecule has 26 heavy (non-hydrogen) atoms. The number of ether oxygens (including phenoxy) is 3. The predicted molar refractivity (Wildman–Crippen MR) is 89.7 cm³/mol. The molecule has 7 heteroatoms. The third-order valence-corrected chi connectivity index (χ3v) is 4.50. The number of benzene rings is 2. The zero-order valence-electron chi connectivity index (χ0n) is 14.6. The van der Waals surface area contributed by atoms with Crippen molar-refractivity contribution >= 4 is 0 Å². The van der Waals surface area contributed by atoms with Gasteiger partial charge in [-0.25, -0.2) is 0 Å². The van der Waals surface area contributed by atoms with Crippen LogP contribution in [-0.2, 0) is 12.6 Å². The molecule has 0 radical (unpaired) electrons. The molecule has 4 nitrogen and oxygen atoms in total. The number of fused-ring (bicyclic) bond motifs is 1. The number of rotatable bonds is 5. The van der Waals surface area contributed by atoms with Crippen LogP contribution in [0.3, 0.4) is 0 Å². The summed E-state index contributed by atoms with van der Waals surface area (Å²) >= 11 is 0. The first-order valence-corrected chi connectivity index (χ1v) is 8.30. The summed E-state index contributed by atoms with van der Waals surface area (Å²) in [5.74, 6) is 1.51. The minimum Gasteiger partial charge on any atom is -0.493 e.